The van der Waals surface area contributed by atoms with Gasteiger partial charge in [-0.1, -0.05) is 18.2 Å². The second-order valence-corrected chi connectivity index (χ2v) is 8.59. The number of aromatic amines is 1. The highest BCUT2D eigenvalue weighted by Gasteiger charge is 2.27. The average Bonchev–Trinajstić information content (AvgIpc) is 3.14. The number of nitrogens with zero attached hydrogens (tertiary/aromatic N) is 2. The van der Waals surface area contributed by atoms with Gasteiger partial charge in [-0.25, -0.2) is 8.42 Å². The SMILES string of the molecule is Cc1n[nH]c(C)c1S(=O)(=O)Nc1ccc(N2c3ccccc3CC2C)cc1. The van der Waals surface area contributed by atoms with Crippen molar-refractivity contribution in [2.75, 3.05) is 9.62 Å². The van der Waals surface area contributed by atoms with Crippen LogP contribution >= 0.6 is 0 Å². The summed E-state index contributed by atoms with van der Waals surface area (Å²) in [4.78, 5) is 2.49. The van der Waals surface area contributed by atoms with Gasteiger partial charge >= 0.3 is 0 Å². The maximum absolute atomic E-state index is 12.7. The van der Waals surface area contributed by atoms with E-state index in [9.17, 15) is 8.42 Å². The van der Waals surface area contributed by atoms with Crippen LogP contribution in [0.25, 0.3) is 0 Å². The first-order valence-corrected chi connectivity index (χ1v) is 10.4. The molecular formula is C20H22N4O2S. The molecule has 0 bridgehead atoms. The van der Waals surface area contributed by atoms with Crippen LogP contribution in [0, 0.1) is 13.8 Å². The number of para-hydroxylation sites is 1. The van der Waals surface area contributed by atoms with Crippen LogP contribution in [0.15, 0.2) is 53.4 Å². The van der Waals surface area contributed by atoms with Gasteiger partial charge in [0.05, 0.1) is 11.4 Å². The highest BCUT2D eigenvalue weighted by molar-refractivity contribution is 7.92. The van der Waals surface area contributed by atoms with Gasteiger partial charge in [0.25, 0.3) is 10.0 Å². The summed E-state index contributed by atoms with van der Waals surface area (Å²) in [7, 11) is -3.68. The summed E-state index contributed by atoms with van der Waals surface area (Å²) in [5, 5.41) is 6.68. The second-order valence-electron chi connectivity index (χ2n) is 6.97. The zero-order valence-electron chi connectivity index (χ0n) is 15.5. The molecule has 140 valence electrons. The lowest BCUT2D eigenvalue weighted by atomic mass is 10.1. The number of H-pyrrole nitrogens is 1. The van der Waals surface area contributed by atoms with E-state index >= 15 is 0 Å². The maximum atomic E-state index is 12.7. The van der Waals surface area contributed by atoms with Gasteiger partial charge in [0, 0.05) is 23.1 Å². The number of benzene rings is 2. The fraction of sp³-hybridized carbons (Fsp3) is 0.250. The Morgan fingerprint density at radius 3 is 2.48 bits per heavy atom. The fourth-order valence-corrected chi connectivity index (χ4v) is 5.22. The van der Waals surface area contributed by atoms with Crippen molar-refractivity contribution in [3.05, 3.63) is 65.5 Å². The molecule has 0 fully saturated rings. The van der Waals surface area contributed by atoms with Crippen molar-refractivity contribution >= 4 is 27.1 Å². The van der Waals surface area contributed by atoms with Crippen molar-refractivity contribution < 1.29 is 8.42 Å². The molecule has 0 radical (unpaired) electrons. The average molecular weight is 382 g/mol. The zero-order chi connectivity index (χ0) is 19.2. The number of anilines is 3. The Balaban J connectivity index is 1.60. The van der Waals surface area contributed by atoms with Gasteiger partial charge in [-0.3, -0.25) is 9.82 Å². The zero-order valence-corrected chi connectivity index (χ0v) is 16.3. The molecule has 7 heteroatoms. The molecule has 0 aliphatic carbocycles. The molecule has 0 amide bonds. The minimum absolute atomic E-state index is 0.202. The standard InChI is InChI=1S/C20H22N4O2S/c1-13-12-16-6-4-5-7-19(16)24(13)18-10-8-17(9-11-18)23-27(25,26)20-14(2)21-22-15(20)3/h4-11,13,23H,12H2,1-3H3,(H,21,22). The van der Waals surface area contributed by atoms with Crippen molar-refractivity contribution in [3.8, 4) is 0 Å². The van der Waals surface area contributed by atoms with E-state index in [1.807, 2.05) is 18.2 Å². The number of sulfonamides is 1. The van der Waals surface area contributed by atoms with E-state index in [4.69, 9.17) is 0 Å². The largest absolute Gasteiger partial charge is 0.338 e. The van der Waals surface area contributed by atoms with Crippen LogP contribution in [-0.2, 0) is 16.4 Å². The minimum Gasteiger partial charge on any atom is -0.338 e. The Bertz CT molecular complexity index is 1070. The van der Waals surface area contributed by atoms with Crippen molar-refractivity contribution in [1.29, 1.82) is 0 Å². The number of aromatic nitrogens is 2. The molecular weight excluding hydrogens is 360 g/mol. The molecule has 0 spiro atoms. The first-order chi connectivity index (χ1) is 12.9. The fourth-order valence-electron chi connectivity index (χ4n) is 3.79. The van der Waals surface area contributed by atoms with Gasteiger partial charge in [-0.2, -0.15) is 5.10 Å². The summed E-state index contributed by atoms with van der Waals surface area (Å²) in [5.74, 6) is 0. The van der Waals surface area contributed by atoms with Gasteiger partial charge < -0.3 is 4.90 Å². The van der Waals surface area contributed by atoms with Gasteiger partial charge in [0.2, 0.25) is 0 Å². The predicted molar refractivity (Wildman–Crippen MR) is 107 cm³/mol. The van der Waals surface area contributed by atoms with E-state index in [1.165, 1.54) is 11.3 Å². The third-order valence-electron chi connectivity index (χ3n) is 4.93. The Morgan fingerprint density at radius 1 is 1.11 bits per heavy atom. The van der Waals surface area contributed by atoms with E-state index in [0.29, 0.717) is 23.1 Å². The van der Waals surface area contributed by atoms with Crippen molar-refractivity contribution in [2.24, 2.45) is 0 Å². The van der Waals surface area contributed by atoms with Gasteiger partial charge in [0.1, 0.15) is 4.90 Å². The highest BCUT2D eigenvalue weighted by Crippen LogP contribution is 2.38. The van der Waals surface area contributed by atoms with Crippen LogP contribution in [0.2, 0.25) is 0 Å². The van der Waals surface area contributed by atoms with Crippen LogP contribution in [0.3, 0.4) is 0 Å². The van der Waals surface area contributed by atoms with E-state index in [0.717, 1.165) is 12.1 Å². The van der Waals surface area contributed by atoms with E-state index in [2.05, 4.69) is 44.9 Å². The molecule has 0 saturated heterocycles. The number of hydrogen-bond donors (Lipinski definition) is 2. The van der Waals surface area contributed by atoms with Gasteiger partial charge in [-0.05, 0) is 63.1 Å². The third kappa shape index (κ3) is 3.08. The molecule has 1 aromatic heterocycles. The summed E-state index contributed by atoms with van der Waals surface area (Å²) in [6, 6.07) is 16.2. The van der Waals surface area contributed by atoms with E-state index < -0.39 is 10.0 Å². The quantitative estimate of drug-likeness (QED) is 0.717. The molecule has 1 aliphatic rings. The molecule has 6 nitrogen and oxygen atoms in total. The summed E-state index contributed by atoms with van der Waals surface area (Å²) >= 11 is 0. The molecule has 1 aliphatic heterocycles. The maximum Gasteiger partial charge on any atom is 0.265 e. The smallest absolute Gasteiger partial charge is 0.265 e. The Kier molecular flexibility index (Phi) is 4.19. The van der Waals surface area contributed by atoms with Crippen LogP contribution in [-0.4, -0.2) is 24.7 Å². The Labute approximate surface area is 159 Å². The predicted octanol–water partition coefficient (Wildman–Crippen LogP) is 3.91. The van der Waals surface area contributed by atoms with Gasteiger partial charge in [0.15, 0.2) is 0 Å². The molecule has 27 heavy (non-hydrogen) atoms. The Hall–Kier alpha value is -2.80. The summed E-state index contributed by atoms with van der Waals surface area (Å²) < 4.78 is 28.0. The minimum atomic E-state index is -3.68. The molecule has 2 N–H and O–H groups in total. The molecule has 4 rings (SSSR count). The van der Waals surface area contributed by atoms with Crippen LogP contribution in [0.4, 0.5) is 17.1 Å². The van der Waals surface area contributed by atoms with Crippen LogP contribution in [0.5, 0.6) is 0 Å². The first kappa shape index (κ1) is 17.6. The van der Waals surface area contributed by atoms with Crippen molar-refractivity contribution in [3.63, 3.8) is 0 Å². The number of rotatable bonds is 4. The van der Waals surface area contributed by atoms with E-state index in [1.54, 1.807) is 26.0 Å². The monoisotopic (exact) mass is 382 g/mol. The first-order valence-electron chi connectivity index (χ1n) is 8.88. The summed E-state index contributed by atoms with van der Waals surface area (Å²) in [6.07, 6.45) is 1.00. The molecule has 2 aromatic carbocycles. The number of aryl methyl sites for hydroxylation is 2. The number of hydrogen-bond acceptors (Lipinski definition) is 4. The Morgan fingerprint density at radius 2 is 1.81 bits per heavy atom. The lowest BCUT2D eigenvalue weighted by Crippen LogP contribution is -2.23. The van der Waals surface area contributed by atoms with Crippen LogP contribution in [0.1, 0.15) is 23.9 Å². The number of nitrogens with one attached hydrogen (secondary N) is 2. The third-order valence-corrected chi connectivity index (χ3v) is 6.58. The number of fused-ring (bicyclic) bond motifs is 1. The van der Waals surface area contributed by atoms with E-state index in [-0.39, 0.29) is 4.90 Å². The highest BCUT2D eigenvalue weighted by atomic mass is 32.2. The van der Waals surface area contributed by atoms with Crippen molar-refractivity contribution in [1.82, 2.24) is 10.2 Å². The molecule has 1 atom stereocenters. The van der Waals surface area contributed by atoms with Gasteiger partial charge in [-0.15, -0.1) is 0 Å². The summed E-state index contributed by atoms with van der Waals surface area (Å²) in [6.45, 7) is 5.57. The lowest BCUT2D eigenvalue weighted by Gasteiger charge is -2.25. The molecule has 2 heterocycles. The molecule has 3 aromatic rings. The summed E-state index contributed by atoms with van der Waals surface area (Å²) in [5.41, 5.74) is 5.10. The van der Waals surface area contributed by atoms with Crippen LogP contribution < -0.4 is 9.62 Å². The van der Waals surface area contributed by atoms with Crippen molar-refractivity contribution in [2.45, 2.75) is 38.1 Å². The normalized spacial score (nSPS) is 16.4. The molecule has 0 saturated carbocycles. The second kappa shape index (κ2) is 6.42. The topological polar surface area (TPSA) is 78.1 Å². The molecule has 1 unspecified atom stereocenters. The lowest BCUT2D eigenvalue weighted by molar-refractivity contribution is 0.600.